The van der Waals surface area contributed by atoms with E-state index in [1.165, 1.54) is 0 Å². The topological polar surface area (TPSA) is 52.5 Å². The molecule has 0 atom stereocenters. The van der Waals surface area contributed by atoms with Gasteiger partial charge in [0.15, 0.2) is 0 Å². The normalized spacial score (nSPS) is 11.1. The summed E-state index contributed by atoms with van der Waals surface area (Å²) in [6.07, 6.45) is 1.71. The molecule has 3 heteroatoms. The van der Waals surface area contributed by atoms with Crippen molar-refractivity contribution < 1.29 is 0 Å². The Kier molecular flexibility index (Phi) is 1.69. The molecule has 0 amide bonds. The van der Waals surface area contributed by atoms with Crippen LogP contribution in [0.25, 0.3) is 0 Å². The lowest BCUT2D eigenvalue weighted by molar-refractivity contribution is 0.572. The SMILES string of the molecule is CC(C)(C)c1cnc(C#N)[nH]1. The van der Waals surface area contributed by atoms with Crippen LogP contribution in [0.4, 0.5) is 0 Å². The quantitative estimate of drug-likeness (QED) is 0.608. The van der Waals surface area contributed by atoms with Gasteiger partial charge in [-0.05, 0) is 0 Å². The number of aromatic nitrogens is 2. The molecule has 0 fully saturated rings. The Morgan fingerprint density at radius 1 is 1.55 bits per heavy atom. The van der Waals surface area contributed by atoms with E-state index in [0.29, 0.717) is 5.82 Å². The van der Waals surface area contributed by atoms with E-state index in [2.05, 4.69) is 30.7 Å². The van der Waals surface area contributed by atoms with E-state index >= 15 is 0 Å². The van der Waals surface area contributed by atoms with Gasteiger partial charge in [-0.2, -0.15) is 5.26 Å². The number of aromatic amines is 1. The number of hydrogen-bond acceptors (Lipinski definition) is 2. The van der Waals surface area contributed by atoms with Crippen molar-refractivity contribution in [2.45, 2.75) is 26.2 Å². The number of hydrogen-bond donors (Lipinski definition) is 1. The van der Waals surface area contributed by atoms with Crippen molar-refractivity contribution in [3.8, 4) is 6.07 Å². The summed E-state index contributed by atoms with van der Waals surface area (Å²) < 4.78 is 0. The molecular weight excluding hydrogens is 138 g/mol. The molecule has 0 aliphatic rings. The molecule has 1 N–H and O–H groups in total. The van der Waals surface area contributed by atoms with Crippen molar-refractivity contribution >= 4 is 0 Å². The average Bonchev–Trinajstić information content (AvgIpc) is 2.32. The lowest BCUT2D eigenvalue weighted by Crippen LogP contribution is -2.11. The highest BCUT2D eigenvalue weighted by Gasteiger charge is 2.15. The van der Waals surface area contributed by atoms with Crippen molar-refractivity contribution in [2.75, 3.05) is 0 Å². The molecule has 1 aromatic rings. The van der Waals surface area contributed by atoms with Gasteiger partial charge in [-0.1, -0.05) is 20.8 Å². The molecule has 0 aliphatic carbocycles. The summed E-state index contributed by atoms with van der Waals surface area (Å²) >= 11 is 0. The lowest BCUT2D eigenvalue weighted by Gasteiger charge is -2.14. The minimum Gasteiger partial charge on any atom is -0.333 e. The summed E-state index contributed by atoms with van der Waals surface area (Å²) in [5.74, 6) is 0.384. The summed E-state index contributed by atoms with van der Waals surface area (Å²) in [7, 11) is 0. The maximum Gasteiger partial charge on any atom is 0.210 e. The minimum atomic E-state index is 0.0437. The van der Waals surface area contributed by atoms with Gasteiger partial charge in [0.05, 0.1) is 0 Å². The van der Waals surface area contributed by atoms with Crippen LogP contribution in [0.3, 0.4) is 0 Å². The van der Waals surface area contributed by atoms with Gasteiger partial charge in [0, 0.05) is 17.3 Å². The van der Waals surface area contributed by atoms with Crippen LogP contribution in [0.2, 0.25) is 0 Å². The highest BCUT2D eigenvalue weighted by molar-refractivity contribution is 5.18. The maximum atomic E-state index is 8.47. The average molecular weight is 149 g/mol. The van der Waals surface area contributed by atoms with E-state index in [9.17, 15) is 0 Å². The minimum absolute atomic E-state index is 0.0437. The molecule has 11 heavy (non-hydrogen) atoms. The molecule has 0 aliphatic heterocycles. The van der Waals surface area contributed by atoms with Gasteiger partial charge >= 0.3 is 0 Å². The summed E-state index contributed by atoms with van der Waals surface area (Å²) in [4.78, 5) is 6.82. The van der Waals surface area contributed by atoms with Gasteiger partial charge < -0.3 is 4.98 Å². The van der Waals surface area contributed by atoms with E-state index in [1.54, 1.807) is 6.20 Å². The Morgan fingerprint density at radius 2 is 2.18 bits per heavy atom. The van der Waals surface area contributed by atoms with Gasteiger partial charge in [-0.3, -0.25) is 0 Å². The standard InChI is InChI=1S/C8H11N3/c1-8(2,3)6-5-10-7(4-9)11-6/h5H,1-3H3,(H,10,11). The largest absolute Gasteiger partial charge is 0.333 e. The molecule has 58 valence electrons. The van der Waals surface area contributed by atoms with Crippen LogP contribution in [0, 0.1) is 11.3 Å². The fourth-order valence-electron chi connectivity index (χ4n) is 0.759. The monoisotopic (exact) mass is 149 g/mol. The number of nitrogens with zero attached hydrogens (tertiary/aromatic N) is 2. The smallest absolute Gasteiger partial charge is 0.210 e. The van der Waals surface area contributed by atoms with Crippen LogP contribution in [-0.4, -0.2) is 9.97 Å². The van der Waals surface area contributed by atoms with Crippen LogP contribution in [0.15, 0.2) is 6.20 Å². The number of rotatable bonds is 0. The second-order valence-electron chi connectivity index (χ2n) is 3.51. The first-order valence-corrected chi connectivity index (χ1v) is 3.49. The number of imidazole rings is 1. The zero-order valence-corrected chi connectivity index (χ0v) is 6.97. The number of nitrogens with one attached hydrogen (secondary N) is 1. The fourth-order valence-corrected chi connectivity index (χ4v) is 0.759. The molecule has 0 saturated heterocycles. The molecule has 3 nitrogen and oxygen atoms in total. The first-order chi connectivity index (χ1) is 5.04. The van der Waals surface area contributed by atoms with Crippen molar-refractivity contribution in [3.63, 3.8) is 0 Å². The highest BCUT2D eigenvalue weighted by atomic mass is 14.9. The summed E-state index contributed by atoms with van der Waals surface area (Å²) in [6, 6.07) is 1.95. The Labute approximate surface area is 66.1 Å². The van der Waals surface area contributed by atoms with E-state index in [4.69, 9.17) is 5.26 Å². The van der Waals surface area contributed by atoms with Crippen LogP contribution in [0.1, 0.15) is 32.3 Å². The van der Waals surface area contributed by atoms with Gasteiger partial charge in [-0.15, -0.1) is 0 Å². The third-order valence-corrected chi connectivity index (χ3v) is 1.49. The van der Waals surface area contributed by atoms with Crippen molar-refractivity contribution in [3.05, 3.63) is 17.7 Å². The highest BCUT2D eigenvalue weighted by Crippen LogP contribution is 2.19. The second-order valence-corrected chi connectivity index (χ2v) is 3.51. The third-order valence-electron chi connectivity index (χ3n) is 1.49. The molecule has 0 spiro atoms. The molecule has 0 unspecified atom stereocenters. The molecule has 1 heterocycles. The number of nitriles is 1. The van der Waals surface area contributed by atoms with Gasteiger partial charge in [0.1, 0.15) is 6.07 Å². The maximum absolute atomic E-state index is 8.47. The fraction of sp³-hybridized carbons (Fsp3) is 0.500. The summed E-state index contributed by atoms with van der Waals surface area (Å²) in [5.41, 5.74) is 1.04. The number of H-pyrrole nitrogens is 1. The first kappa shape index (κ1) is 7.80. The van der Waals surface area contributed by atoms with Gasteiger partial charge in [0.2, 0.25) is 5.82 Å². The molecule has 0 bridgehead atoms. The van der Waals surface area contributed by atoms with E-state index < -0.39 is 0 Å². The van der Waals surface area contributed by atoms with Crippen LogP contribution < -0.4 is 0 Å². The third kappa shape index (κ3) is 1.58. The van der Waals surface area contributed by atoms with Crippen molar-refractivity contribution in [1.82, 2.24) is 9.97 Å². The first-order valence-electron chi connectivity index (χ1n) is 3.49. The van der Waals surface area contributed by atoms with Gasteiger partial charge in [-0.25, -0.2) is 4.98 Å². The lowest BCUT2D eigenvalue weighted by atomic mass is 9.93. The van der Waals surface area contributed by atoms with Crippen LogP contribution in [0.5, 0.6) is 0 Å². The van der Waals surface area contributed by atoms with Crippen LogP contribution >= 0.6 is 0 Å². The Hall–Kier alpha value is -1.30. The predicted molar refractivity (Wildman–Crippen MR) is 42.0 cm³/mol. The Bertz CT molecular complexity index is 285. The molecule has 0 radical (unpaired) electrons. The zero-order valence-electron chi connectivity index (χ0n) is 6.97. The molecule has 1 rings (SSSR count). The Balaban J connectivity index is 3.01. The van der Waals surface area contributed by atoms with Gasteiger partial charge in [0.25, 0.3) is 0 Å². The van der Waals surface area contributed by atoms with Crippen molar-refractivity contribution in [1.29, 1.82) is 5.26 Å². The van der Waals surface area contributed by atoms with E-state index in [-0.39, 0.29) is 5.41 Å². The second kappa shape index (κ2) is 2.39. The van der Waals surface area contributed by atoms with Crippen LogP contribution in [-0.2, 0) is 5.41 Å². The molecular formula is C8H11N3. The summed E-state index contributed by atoms with van der Waals surface area (Å²) in [5, 5.41) is 8.47. The predicted octanol–water partition coefficient (Wildman–Crippen LogP) is 1.58. The molecule has 0 saturated carbocycles. The zero-order chi connectivity index (χ0) is 8.48. The van der Waals surface area contributed by atoms with E-state index in [1.807, 2.05) is 6.07 Å². The molecule has 1 aromatic heterocycles. The van der Waals surface area contributed by atoms with Crippen molar-refractivity contribution in [2.24, 2.45) is 0 Å². The summed E-state index contributed by atoms with van der Waals surface area (Å²) in [6.45, 7) is 6.21. The Morgan fingerprint density at radius 3 is 2.45 bits per heavy atom. The van der Waals surface area contributed by atoms with E-state index in [0.717, 1.165) is 5.69 Å². The molecule has 0 aromatic carbocycles.